The Kier molecular flexibility index (Phi) is 4.06. The van der Waals surface area contributed by atoms with E-state index in [-0.39, 0.29) is 11.4 Å². The number of hydrogen-bond donors (Lipinski definition) is 1. The Balaban J connectivity index is 2.38. The molecular formula is C15H15F3N2O. The third-order valence-corrected chi connectivity index (χ3v) is 2.89. The van der Waals surface area contributed by atoms with Crippen LogP contribution in [0.3, 0.4) is 0 Å². The lowest BCUT2D eigenvalue weighted by Crippen LogP contribution is -2.06. The first-order valence-electron chi connectivity index (χ1n) is 6.41. The zero-order valence-electron chi connectivity index (χ0n) is 11.7. The van der Waals surface area contributed by atoms with Crippen molar-refractivity contribution in [3.05, 3.63) is 47.3 Å². The van der Waals surface area contributed by atoms with Crippen molar-refractivity contribution in [2.45, 2.75) is 26.4 Å². The lowest BCUT2D eigenvalue weighted by molar-refractivity contribution is -0.137. The van der Waals surface area contributed by atoms with Gasteiger partial charge in [0, 0.05) is 17.4 Å². The highest BCUT2D eigenvalue weighted by Gasteiger charge is 2.31. The van der Waals surface area contributed by atoms with Crippen molar-refractivity contribution in [2.24, 2.45) is 0 Å². The minimum Gasteiger partial charge on any atom is -0.455 e. The van der Waals surface area contributed by atoms with Crippen molar-refractivity contribution >= 4 is 5.69 Å². The Morgan fingerprint density at radius 1 is 1.19 bits per heavy atom. The SMILES string of the molecule is CCc1nc(C)ccc1Oc1cc(N)cc(C(F)(F)F)c1. The van der Waals surface area contributed by atoms with Gasteiger partial charge in [-0.05, 0) is 37.6 Å². The van der Waals surface area contributed by atoms with E-state index >= 15 is 0 Å². The maximum Gasteiger partial charge on any atom is 0.416 e. The molecule has 1 aromatic heterocycles. The molecule has 0 amide bonds. The highest BCUT2D eigenvalue weighted by Crippen LogP contribution is 2.35. The van der Waals surface area contributed by atoms with Gasteiger partial charge in [-0.3, -0.25) is 4.98 Å². The average Bonchev–Trinajstić information content (AvgIpc) is 2.39. The molecule has 0 unspecified atom stereocenters. The Morgan fingerprint density at radius 2 is 1.90 bits per heavy atom. The molecule has 2 N–H and O–H groups in total. The first-order chi connectivity index (χ1) is 9.79. The Bertz CT molecular complexity index is 654. The molecule has 1 aromatic carbocycles. The van der Waals surface area contributed by atoms with E-state index in [1.807, 2.05) is 13.8 Å². The van der Waals surface area contributed by atoms with Gasteiger partial charge in [0.15, 0.2) is 0 Å². The van der Waals surface area contributed by atoms with Crippen LogP contribution in [0.4, 0.5) is 18.9 Å². The summed E-state index contributed by atoms with van der Waals surface area (Å²) < 4.78 is 43.8. The van der Waals surface area contributed by atoms with E-state index < -0.39 is 11.7 Å². The van der Waals surface area contributed by atoms with Crippen LogP contribution < -0.4 is 10.5 Å². The minimum atomic E-state index is -4.47. The summed E-state index contributed by atoms with van der Waals surface area (Å²) in [6, 6.07) is 6.59. The van der Waals surface area contributed by atoms with Crippen LogP contribution in [0.15, 0.2) is 30.3 Å². The summed E-state index contributed by atoms with van der Waals surface area (Å²) in [4.78, 5) is 4.30. The van der Waals surface area contributed by atoms with Crippen molar-refractivity contribution in [1.29, 1.82) is 0 Å². The summed E-state index contributed by atoms with van der Waals surface area (Å²) in [6.07, 6.45) is -3.85. The molecule has 0 saturated carbocycles. The molecule has 0 saturated heterocycles. The maximum atomic E-state index is 12.8. The number of hydrogen-bond acceptors (Lipinski definition) is 3. The second kappa shape index (κ2) is 5.63. The standard InChI is InChI=1S/C15H15F3N2O/c1-3-13-14(5-4-9(2)20-13)21-12-7-10(15(16,17)18)6-11(19)8-12/h4-8H,3,19H2,1-2H3. The molecule has 21 heavy (non-hydrogen) atoms. The number of nitrogen functional groups attached to an aromatic ring is 1. The highest BCUT2D eigenvalue weighted by molar-refractivity contribution is 5.50. The Hall–Kier alpha value is -2.24. The van der Waals surface area contributed by atoms with Crippen LogP contribution in [0, 0.1) is 6.92 Å². The second-order valence-corrected chi connectivity index (χ2v) is 4.64. The van der Waals surface area contributed by atoms with Crippen molar-refractivity contribution < 1.29 is 17.9 Å². The molecule has 3 nitrogen and oxygen atoms in total. The van der Waals surface area contributed by atoms with Crippen molar-refractivity contribution in [3.8, 4) is 11.5 Å². The van der Waals surface area contributed by atoms with Crippen molar-refractivity contribution in [2.75, 3.05) is 5.73 Å². The summed E-state index contributed by atoms with van der Waals surface area (Å²) in [5, 5.41) is 0. The normalized spacial score (nSPS) is 11.5. The Morgan fingerprint density at radius 3 is 2.52 bits per heavy atom. The van der Waals surface area contributed by atoms with E-state index in [0.29, 0.717) is 17.9 Å². The van der Waals surface area contributed by atoms with Gasteiger partial charge in [-0.1, -0.05) is 6.92 Å². The molecule has 1 heterocycles. The number of benzene rings is 1. The number of alkyl halides is 3. The Labute approximate surface area is 120 Å². The van der Waals surface area contributed by atoms with Gasteiger partial charge in [0.25, 0.3) is 0 Å². The van der Waals surface area contributed by atoms with Crippen LogP contribution in [-0.2, 0) is 12.6 Å². The molecule has 0 radical (unpaired) electrons. The van der Waals surface area contributed by atoms with Crippen LogP contribution in [0.2, 0.25) is 0 Å². The molecule has 0 aliphatic heterocycles. The van der Waals surface area contributed by atoms with Gasteiger partial charge >= 0.3 is 6.18 Å². The van der Waals surface area contributed by atoms with Gasteiger partial charge in [-0.15, -0.1) is 0 Å². The van der Waals surface area contributed by atoms with Gasteiger partial charge in [0.2, 0.25) is 0 Å². The first kappa shape index (κ1) is 15.2. The van der Waals surface area contributed by atoms with E-state index in [4.69, 9.17) is 10.5 Å². The van der Waals surface area contributed by atoms with E-state index in [0.717, 1.165) is 17.8 Å². The van der Waals surface area contributed by atoms with Gasteiger partial charge < -0.3 is 10.5 Å². The summed E-state index contributed by atoms with van der Waals surface area (Å²) in [5.74, 6) is 0.476. The van der Waals surface area contributed by atoms with Crippen molar-refractivity contribution in [1.82, 2.24) is 4.98 Å². The molecule has 2 aromatic rings. The smallest absolute Gasteiger partial charge is 0.416 e. The predicted molar refractivity (Wildman–Crippen MR) is 74.3 cm³/mol. The van der Waals surface area contributed by atoms with Crippen LogP contribution in [-0.4, -0.2) is 4.98 Å². The van der Waals surface area contributed by atoms with E-state index in [2.05, 4.69) is 4.98 Å². The number of nitrogens with zero attached hydrogens (tertiary/aromatic N) is 1. The van der Waals surface area contributed by atoms with E-state index in [1.165, 1.54) is 6.07 Å². The zero-order chi connectivity index (χ0) is 15.6. The molecule has 2 rings (SSSR count). The summed E-state index contributed by atoms with van der Waals surface area (Å²) in [5.41, 5.74) is 6.18. The fraction of sp³-hybridized carbons (Fsp3) is 0.267. The number of nitrogens with two attached hydrogens (primary N) is 1. The molecule has 112 valence electrons. The lowest BCUT2D eigenvalue weighted by Gasteiger charge is -2.13. The highest BCUT2D eigenvalue weighted by atomic mass is 19.4. The minimum absolute atomic E-state index is 0.00190. The van der Waals surface area contributed by atoms with E-state index in [9.17, 15) is 13.2 Å². The number of aromatic nitrogens is 1. The van der Waals surface area contributed by atoms with Crippen LogP contribution in [0.5, 0.6) is 11.5 Å². The third-order valence-electron chi connectivity index (χ3n) is 2.89. The largest absolute Gasteiger partial charge is 0.455 e. The van der Waals surface area contributed by atoms with Gasteiger partial charge in [0.05, 0.1) is 11.3 Å². The average molecular weight is 296 g/mol. The molecular weight excluding hydrogens is 281 g/mol. The number of aryl methyl sites for hydroxylation is 2. The number of anilines is 1. The second-order valence-electron chi connectivity index (χ2n) is 4.64. The molecule has 0 fully saturated rings. The van der Waals surface area contributed by atoms with Gasteiger partial charge in [0.1, 0.15) is 11.5 Å². The fourth-order valence-electron chi connectivity index (χ4n) is 1.92. The first-order valence-corrected chi connectivity index (χ1v) is 6.41. The third kappa shape index (κ3) is 3.65. The fourth-order valence-corrected chi connectivity index (χ4v) is 1.92. The summed E-state index contributed by atoms with van der Waals surface area (Å²) in [7, 11) is 0. The van der Waals surface area contributed by atoms with Gasteiger partial charge in [-0.25, -0.2) is 0 Å². The van der Waals surface area contributed by atoms with Gasteiger partial charge in [-0.2, -0.15) is 13.2 Å². The summed E-state index contributed by atoms with van der Waals surface area (Å²) >= 11 is 0. The monoisotopic (exact) mass is 296 g/mol. The molecule has 0 aliphatic rings. The van der Waals surface area contributed by atoms with Crippen molar-refractivity contribution in [3.63, 3.8) is 0 Å². The lowest BCUT2D eigenvalue weighted by atomic mass is 10.2. The molecule has 6 heteroatoms. The number of ether oxygens (including phenoxy) is 1. The number of halogens is 3. The molecule has 0 spiro atoms. The topological polar surface area (TPSA) is 48.1 Å². The maximum absolute atomic E-state index is 12.8. The van der Waals surface area contributed by atoms with Crippen LogP contribution in [0.25, 0.3) is 0 Å². The molecule has 0 aliphatic carbocycles. The summed E-state index contributed by atoms with van der Waals surface area (Å²) in [6.45, 7) is 3.74. The zero-order valence-corrected chi connectivity index (χ0v) is 11.7. The molecule has 0 atom stereocenters. The predicted octanol–water partition coefficient (Wildman–Crippen LogP) is 4.35. The molecule has 0 bridgehead atoms. The number of pyridine rings is 1. The van der Waals surface area contributed by atoms with Crippen LogP contribution in [0.1, 0.15) is 23.9 Å². The van der Waals surface area contributed by atoms with E-state index in [1.54, 1.807) is 12.1 Å². The van der Waals surface area contributed by atoms with Crippen LogP contribution >= 0.6 is 0 Å². The number of rotatable bonds is 3. The quantitative estimate of drug-likeness (QED) is 0.857.